The molecule has 10 heteroatoms. The summed E-state index contributed by atoms with van der Waals surface area (Å²) in [5.74, 6) is -0.891. The molecule has 5 atom stereocenters. The van der Waals surface area contributed by atoms with E-state index < -0.39 is 43.3 Å². The Hall–Kier alpha value is -2.63. The van der Waals surface area contributed by atoms with Crippen LogP contribution in [0.5, 0.6) is 11.5 Å². The Labute approximate surface area is 158 Å². The van der Waals surface area contributed by atoms with Crippen LogP contribution in [-0.2, 0) is 9.53 Å². The predicted molar refractivity (Wildman–Crippen MR) is 93.8 cm³/mol. The Morgan fingerprint density at radius 1 is 1.25 bits per heavy atom. The minimum Gasteiger partial charge on any atom is -0.495 e. The molecular formula is C18H20O10. The van der Waals surface area contributed by atoms with Crippen LogP contribution in [0.25, 0.3) is 17.0 Å². The van der Waals surface area contributed by atoms with Crippen molar-refractivity contribution in [2.24, 2.45) is 0 Å². The van der Waals surface area contributed by atoms with Gasteiger partial charge in [0, 0.05) is 12.1 Å². The molecule has 3 rings (SSSR count). The number of rotatable bonds is 6. The van der Waals surface area contributed by atoms with E-state index in [0.29, 0.717) is 11.0 Å². The number of hydrogen-bond acceptors (Lipinski definition) is 9. The number of aliphatic hydroxyl groups excluding tert-OH is 4. The van der Waals surface area contributed by atoms with Crippen LogP contribution >= 0.6 is 0 Å². The van der Waals surface area contributed by atoms with Gasteiger partial charge in [0.15, 0.2) is 0 Å². The van der Waals surface area contributed by atoms with Gasteiger partial charge >= 0.3 is 5.97 Å². The van der Waals surface area contributed by atoms with Gasteiger partial charge in [-0.2, -0.15) is 0 Å². The van der Waals surface area contributed by atoms with Gasteiger partial charge in [-0.15, -0.1) is 0 Å². The minimum atomic E-state index is -1.63. The standard InChI is InChI=1S/C18H20O10/c1-25-17-8(2-3-13(20)21)11(6-10-9(17)4-5-26-10)27-18-16(24)15(23)14(22)12(7-19)28-18/h2-6,12,14-16,18-19,22-24H,7H2,1H3,(H,20,21)/b3-2-/t12-,14-,15+,16-,18-/m1/s1. The molecule has 0 amide bonds. The first kappa shape index (κ1) is 20.1. The Morgan fingerprint density at radius 2 is 2.00 bits per heavy atom. The Bertz CT molecular complexity index is 871. The first-order chi connectivity index (χ1) is 13.4. The second kappa shape index (κ2) is 8.17. The average molecular weight is 396 g/mol. The largest absolute Gasteiger partial charge is 0.495 e. The van der Waals surface area contributed by atoms with Crippen molar-refractivity contribution in [2.45, 2.75) is 30.7 Å². The summed E-state index contributed by atoms with van der Waals surface area (Å²) in [5, 5.41) is 48.8. The second-order valence-electron chi connectivity index (χ2n) is 6.14. The number of benzene rings is 1. The molecule has 10 nitrogen and oxygen atoms in total. The summed E-state index contributed by atoms with van der Waals surface area (Å²) in [6.45, 7) is -0.614. The lowest BCUT2D eigenvalue weighted by Gasteiger charge is -2.39. The maximum atomic E-state index is 11.0. The monoisotopic (exact) mass is 396 g/mol. The number of carboxylic acid groups (broad SMARTS) is 1. The summed E-state index contributed by atoms with van der Waals surface area (Å²) in [5.41, 5.74) is 0.597. The smallest absolute Gasteiger partial charge is 0.328 e. The van der Waals surface area contributed by atoms with Crippen LogP contribution in [0.2, 0.25) is 0 Å². The molecule has 2 aromatic rings. The average Bonchev–Trinajstić information content (AvgIpc) is 3.14. The summed E-state index contributed by atoms with van der Waals surface area (Å²) >= 11 is 0. The van der Waals surface area contributed by atoms with Crippen molar-refractivity contribution in [2.75, 3.05) is 13.7 Å². The third kappa shape index (κ3) is 3.68. The summed E-state index contributed by atoms with van der Waals surface area (Å²) in [4.78, 5) is 11.0. The van der Waals surface area contributed by atoms with Crippen LogP contribution < -0.4 is 9.47 Å². The lowest BCUT2D eigenvalue weighted by atomic mass is 9.99. The van der Waals surface area contributed by atoms with E-state index in [0.717, 1.165) is 6.08 Å². The fourth-order valence-electron chi connectivity index (χ4n) is 2.99. The third-order valence-corrected chi connectivity index (χ3v) is 4.40. The highest BCUT2D eigenvalue weighted by molar-refractivity contribution is 5.94. The molecule has 1 saturated heterocycles. The number of furan rings is 1. The molecule has 0 unspecified atom stereocenters. The van der Waals surface area contributed by atoms with Crippen molar-refractivity contribution < 1.29 is 49.0 Å². The Morgan fingerprint density at radius 3 is 2.64 bits per heavy atom. The van der Waals surface area contributed by atoms with Crippen molar-refractivity contribution in [1.29, 1.82) is 0 Å². The van der Waals surface area contributed by atoms with E-state index >= 15 is 0 Å². The highest BCUT2D eigenvalue weighted by atomic mass is 16.7. The highest BCUT2D eigenvalue weighted by Crippen LogP contribution is 2.39. The fourth-order valence-corrected chi connectivity index (χ4v) is 2.99. The predicted octanol–water partition coefficient (Wildman–Crippen LogP) is -0.282. The van der Waals surface area contributed by atoms with Gasteiger partial charge in [-0.3, -0.25) is 0 Å². The molecule has 0 spiro atoms. The molecule has 2 heterocycles. The van der Waals surface area contributed by atoms with Gasteiger partial charge < -0.3 is 44.2 Å². The van der Waals surface area contributed by atoms with E-state index in [-0.39, 0.29) is 17.1 Å². The molecule has 28 heavy (non-hydrogen) atoms. The summed E-state index contributed by atoms with van der Waals surface area (Å²) < 4.78 is 21.7. The number of ether oxygens (including phenoxy) is 3. The minimum absolute atomic E-state index is 0.0427. The zero-order chi connectivity index (χ0) is 20.4. The van der Waals surface area contributed by atoms with Crippen LogP contribution in [0.1, 0.15) is 5.56 Å². The lowest BCUT2D eigenvalue weighted by Crippen LogP contribution is -2.60. The maximum Gasteiger partial charge on any atom is 0.328 e. The molecule has 1 aliphatic heterocycles. The van der Waals surface area contributed by atoms with E-state index in [1.165, 1.54) is 25.5 Å². The van der Waals surface area contributed by atoms with Gasteiger partial charge in [0.2, 0.25) is 6.29 Å². The van der Waals surface area contributed by atoms with Gasteiger partial charge in [-0.25, -0.2) is 4.79 Å². The van der Waals surface area contributed by atoms with E-state index in [1.54, 1.807) is 6.07 Å². The van der Waals surface area contributed by atoms with Crippen molar-refractivity contribution >= 4 is 23.0 Å². The Kier molecular flexibility index (Phi) is 5.87. The molecule has 1 aromatic heterocycles. The highest BCUT2D eigenvalue weighted by Gasteiger charge is 2.45. The molecule has 1 fully saturated rings. The molecule has 5 N–H and O–H groups in total. The maximum absolute atomic E-state index is 11.0. The summed E-state index contributed by atoms with van der Waals surface area (Å²) in [6, 6.07) is 3.07. The van der Waals surface area contributed by atoms with E-state index in [4.69, 9.17) is 23.7 Å². The molecular weight excluding hydrogens is 376 g/mol. The number of aliphatic carboxylic acids is 1. The van der Waals surface area contributed by atoms with Crippen LogP contribution in [0.4, 0.5) is 0 Å². The summed E-state index contributed by atoms with van der Waals surface area (Å²) in [6.07, 6.45) is -3.86. The van der Waals surface area contributed by atoms with Crippen LogP contribution in [0, 0.1) is 0 Å². The van der Waals surface area contributed by atoms with Gasteiger partial charge in [0.25, 0.3) is 0 Å². The molecule has 152 valence electrons. The number of hydrogen-bond donors (Lipinski definition) is 5. The topological polar surface area (TPSA) is 159 Å². The normalized spacial score (nSPS) is 28.0. The second-order valence-corrected chi connectivity index (χ2v) is 6.14. The third-order valence-electron chi connectivity index (χ3n) is 4.40. The molecule has 1 aliphatic rings. The van der Waals surface area contributed by atoms with Crippen molar-refractivity contribution in [1.82, 2.24) is 0 Å². The van der Waals surface area contributed by atoms with Gasteiger partial charge in [-0.1, -0.05) is 0 Å². The quantitative estimate of drug-likeness (QED) is 0.411. The number of carboxylic acids is 1. The fraction of sp³-hybridized carbons (Fsp3) is 0.389. The number of methoxy groups -OCH3 is 1. The molecule has 0 aliphatic carbocycles. The van der Waals surface area contributed by atoms with Crippen molar-refractivity contribution in [3.05, 3.63) is 30.0 Å². The molecule has 0 saturated carbocycles. The van der Waals surface area contributed by atoms with Crippen LogP contribution in [0.15, 0.2) is 28.9 Å². The van der Waals surface area contributed by atoms with E-state index in [1.807, 2.05) is 0 Å². The van der Waals surface area contributed by atoms with Crippen LogP contribution in [-0.4, -0.2) is 75.9 Å². The first-order valence-corrected chi connectivity index (χ1v) is 8.33. The van der Waals surface area contributed by atoms with Gasteiger partial charge in [0.05, 0.1) is 30.9 Å². The zero-order valence-corrected chi connectivity index (χ0v) is 14.8. The van der Waals surface area contributed by atoms with E-state index in [2.05, 4.69) is 0 Å². The Balaban J connectivity index is 2.04. The summed E-state index contributed by atoms with van der Waals surface area (Å²) in [7, 11) is 1.39. The number of fused-ring (bicyclic) bond motifs is 1. The van der Waals surface area contributed by atoms with E-state index in [9.17, 15) is 25.2 Å². The van der Waals surface area contributed by atoms with Crippen LogP contribution in [0.3, 0.4) is 0 Å². The van der Waals surface area contributed by atoms with Gasteiger partial charge in [-0.05, 0) is 12.1 Å². The van der Waals surface area contributed by atoms with Crippen molar-refractivity contribution in [3.63, 3.8) is 0 Å². The SMILES string of the molecule is COc1c(/C=C\C(=O)O)c(O[C@@H]2O[C@H](CO)[C@@H](O)[C@H](O)[C@H]2O)cc2occc12. The number of carbonyl (C=O) groups is 1. The molecule has 0 radical (unpaired) electrons. The number of aliphatic hydroxyl groups is 4. The molecule has 1 aromatic carbocycles. The lowest BCUT2D eigenvalue weighted by molar-refractivity contribution is -0.277. The van der Waals surface area contributed by atoms with Gasteiger partial charge in [0.1, 0.15) is 41.5 Å². The first-order valence-electron chi connectivity index (χ1n) is 8.33. The zero-order valence-electron chi connectivity index (χ0n) is 14.8. The molecule has 0 bridgehead atoms. The van der Waals surface area contributed by atoms with Crippen molar-refractivity contribution in [3.8, 4) is 11.5 Å².